The molecule has 0 spiro atoms. The lowest BCUT2D eigenvalue weighted by Gasteiger charge is -2.26. The smallest absolute Gasteiger partial charge is 0.259 e. The van der Waals surface area contributed by atoms with Crippen LogP contribution in [0.3, 0.4) is 0 Å². The molecule has 3 N–H and O–H groups in total. The third-order valence-electron chi connectivity index (χ3n) is 3.31. The minimum absolute atomic E-state index is 0.0494. The highest BCUT2D eigenvalue weighted by Crippen LogP contribution is 2.25. The second kappa shape index (κ2) is 4.02. The molecule has 0 aromatic heterocycles. The number of nitrogens with one attached hydrogen (secondary N) is 2. The first-order chi connectivity index (χ1) is 8.69. The van der Waals surface area contributed by atoms with Gasteiger partial charge in [0.15, 0.2) is 6.04 Å². The van der Waals surface area contributed by atoms with Crippen molar-refractivity contribution in [1.29, 1.82) is 5.41 Å². The summed E-state index contributed by atoms with van der Waals surface area (Å²) in [6.07, 6.45) is 6.30. The Balaban J connectivity index is 1.84. The normalized spacial score (nSPS) is 33.7. The van der Waals surface area contributed by atoms with E-state index in [1.165, 1.54) is 0 Å². The van der Waals surface area contributed by atoms with E-state index < -0.39 is 6.04 Å². The maximum atomic E-state index is 11.6. The van der Waals surface area contributed by atoms with Crippen molar-refractivity contribution in [1.82, 2.24) is 10.2 Å². The molecule has 18 heavy (non-hydrogen) atoms. The first-order valence-electron chi connectivity index (χ1n) is 5.78. The van der Waals surface area contributed by atoms with Crippen molar-refractivity contribution in [3.05, 3.63) is 12.2 Å². The molecule has 0 aromatic rings. The van der Waals surface area contributed by atoms with Gasteiger partial charge in [0.2, 0.25) is 5.96 Å². The standard InChI is InChI=1S/C11H13N5O2/c12-11-14-9-8(10(18)15-11)13-5-16(9)7-2-1-6(3-7)4-17/h1-2,5-8,17H,3-4H2,(H2,12,15,18)/t6-,7+,8?/m1/s1. The van der Waals surface area contributed by atoms with Crippen LogP contribution in [0, 0.1) is 11.3 Å². The van der Waals surface area contributed by atoms with Gasteiger partial charge in [-0.3, -0.25) is 20.5 Å². The molecule has 0 saturated carbocycles. The molecular formula is C11H13N5O2. The van der Waals surface area contributed by atoms with Crippen LogP contribution in [0.25, 0.3) is 0 Å². The van der Waals surface area contributed by atoms with Crippen molar-refractivity contribution < 1.29 is 9.90 Å². The first-order valence-corrected chi connectivity index (χ1v) is 5.78. The van der Waals surface area contributed by atoms with Crippen LogP contribution >= 0.6 is 0 Å². The fraction of sp³-hybridized carbons (Fsp3) is 0.455. The van der Waals surface area contributed by atoms with Crippen LogP contribution in [-0.4, -0.2) is 52.7 Å². The Morgan fingerprint density at radius 1 is 1.56 bits per heavy atom. The van der Waals surface area contributed by atoms with Gasteiger partial charge in [-0.2, -0.15) is 4.99 Å². The molecule has 94 valence electrons. The number of nitrogens with zero attached hydrogens (tertiary/aromatic N) is 3. The van der Waals surface area contributed by atoms with E-state index in [9.17, 15) is 4.79 Å². The van der Waals surface area contributed by atoms with E-state index in [2.05, 4.69) is 15.3 Å². The van der Waals surface area contributed by atoms with Crippen molar-refractivity contribution in [2.45, 2.75) is 18.5 Å². The topological polar surface area (TPSA) is 101 Å². The summed E-state index contributed by atoms with van der Waals surface area (Å²) in [6.45, 7) is 0.115. The molecule has 2 heterocycles. The number of hydrogen-bond acceptors (Lipinski definition) is 5. The highest BCUT2D eigenvalue weighted by molar-refractivity contribution is 6.23. The summed E-state index contributed by atoms with van der Waals surface area (Å²) >= 11 is 0. The van der Waals surface area contributed by atoms with Gasteiger partial charge in [-0.25, -0.2) is 0 Å². The molecule has 3 rings (SSSR count). The number of carbonyl (C=O) groups is 1. The largest absolute Gasteiger partial charge is 0.396 e. The zero-order chi connectivity index (χ0) is 12.7. The van der Waals surface area contributed by atoms with E-state index in [0.717, 1.165) is 6.42 Å². The number of hydrogen-bond donors (Lipinski definition) is 3. The Labute approximate surface area is 103 Å². The zero-order valence-electron chi connectivity index (χ0n) is 9.58. The van der Waals surface area contributed by atoms with Gasteiger partial charge in [-0.05, 0) is 6.42 Å². The fourth-order valence-electron chi connectivity index (χ4n) is 2.39. The highest BCUT2D eigenvalue weighted by Gasteiger charge is 2.39. The fourth-order valence-corrected chi connectivity index (χ4v) is 2.39. The Morgan fingerprint density at radius 2 is 2.39 bits per heavy atom. The summed E-state index contributed by atoms with van der Waals surface area (Å²) in [5.41, 5.74) is 0. The van der Waals surface area contributed by atoms with Crippen LogP contribution in [0.4, 0.5) is 0 Å². The second-order valence-corrected chi connectivity index (χ2v) is 4.51. The third kappa shape index (κ3) is 1.63. The summed E-state index contributed by atoms with van der Waals surface area (Å²) in [5.74, 6) is 0.170. The van der Waals surface area contributed by atoms with Crippen LogP contribution < -0.4 is 5.32 Å². The van der Waals surface area contributed by atoms with E-state index >= 15 is 0 Å². The van der Waals surface area contributed by atoms with Gasteiger partial charge in [0.25, 0.3) is 5.91 Å². The van der Waals surface area contributed by atoms with Crippen molar-refractivity contribution >= 4 is 24.0 Å². The summed E-state index contributed by atoms with van der Waals surface area (Å²) in [6, 6.07) is -0.589. The maximum absolute atomic E-state index is 11.6. The number of aliphatic hydroxyl groups is 1. The summed E-state index contributed by atoms with van der Waals surface area (Å²) in [4.78, 5) is 21.6. The Bertz CT molecular complexity index is 496. The number of aliphatic imine (C=N–C) groups is 2. The van der Waals surface area contributed by atoms with Crippen LogP contribution in [0.2, 0.25) is 0 Å². The van der Waals surface area contributed by atoms with E-state index in [1.54, 1.807) is 6.34 Å². The molecule has 7 nitrogen and oxygen atoms in total. The number of fused-ring (bicyclic) bond motifs is 1. The molecule has 2 aliphatic heterocycles. The summed E-state index contributed by atoms with van der Waals surface area (Å²) < 4.78 is 0. The summed E-state index contributed by atoms with van der Waals surface area (Å²) in [5, 5.41) is 18.9. The minimum atomic E-state index is -0.638. The quantitative estimate of drug-likeness (QED) is 0.551. The van der Waals surface area contributed by atoms with Crippen LogP contribution in [0.1, 0.15) is 6.42 Å². The van der Waals surface area contributed by atoms with Crippen LogP contribution in [0.15, 0.2) is 22.1 Å². The monoisotopic (exact) mass is 247 g/mol. The number of amidine groups is 1. The molecule has 0 bridgehead atoms. The number of carbonyl (C=O) groups excluding carboxylic acids is 1. The number of rotatable bonds is 2. The Hall–Kier alpha value is -2.02. The SMILES string of the molecule is N=C1N=C2C(N=CN2[C@H]2C=C[C@@H](CO)C2)C(=O)N1. The van der Waals surface area contributed by atoms with E-state index in [1.807, 2.05) is 17.1 Å². The highest BCUT2D eigenvalue weighted by atomic mass is 16.3. The zero-order valence-corrected chi connectivity index (χ0v) is 9.58. The molecular weight excluding hydrogens is 234 g/mol. The number of guanidine groups is 1. The molecule has 0 radical (unpaired) electrons. The molecule has 1 amide bonds. The van der Waals surface area contributed by atoms with Gasteiger partial charge < -0.3 is 10.0 Å². The van der Waals surface area contributed by atoms with Crippen molar-refractivity contribution in [2.24, 2.45) is 15.9 Å². The molecule has 3 atom stereocenters. The van der Waals surface area contributed by atoms with Crippen molar-refractivity contribution in [3.63, 3.8) is 0 Å². The Morgan fingerprint density at radius 3 is 3.11 bits per heavy atom. The third-order valence-corrected chi connectivity index (χ3v) is 3.31. The van der Waals surface area contributed by atoms with Gasteiger partial charge in [0.05, 0.1) is 12.4 Å². The maximum Gasteiger partial charge on any atom is 0.259 e. The number of amides is 1. The van der Waals surface area contributed by atoms with E-state index in [4.69, 9.17) is 10.5 Å². The predicted molar refractivity (Wildman–Crippen MR) is 65.5 cm³/mol. The molecule has 3 aliphatic rings. The second-order valence-electron chi connectivity index (χ2n) is 4.51. The Kier molecular flexibility index (Phi) is 2.48. The number of aliphatic hydroxyl groups excluding tert-OH is 1. The molecule has 1 aliphatic carbocycles. The lowest BCUT2D eigenvalue weighted by molar-refractivity contribution is -0.119. The molecule has 0 saturated heterocycles. The van der Waals surface area contributed by atoms with Crippen molar-refractivity contribution in [2.75, 3.05) is 6.61 Å². The van der Waals surface area contributed by atoms with Gasteiger partial charge >= 0.3 is 0 Å². The predicted octanol–water partition coefficient (Wildman–Crippen LogP) is -0.901. The molecule has 0 fully saturated rings. The van der Waals surface area contributed by atoms with Crippen molar-refractivity contribution in [3.8, 4) is 0 Å². The average molecular weight is 247 g/mol. The first kappa shape index (κ1) is 11.1. The van der Waals surface area contributed by atoms with Gasteiger partial charge in [0.1, 0.15) is 5.84 Å². The molecule has 0 aromatic carbocycles. The van der Waals surface area contributed by atoms with E-state index in [0.29, 0.717) is 5.84 Å². The van der Waals surface area contributed by atoms with Crippen LogP contribution in [-0.2, 0) is 4.79 Å². The lowest BCUT2D eigenvalue weighted by atomic mass is 10.1. The van der Waals surface area contributed by atoms with Crippen LogP contribution in [0.5, 0.6) is 0 Å². The summed E-state index contributed by atoms with van der Waals surface area (Å²) in [7, 11) is 0. The van der Waals surface area contributed by atoms with E-state index in [-0.39, 0.29) is 30.4 Å². The van der Waals surface area contributed by atoms with Gasteiger partial charge in [0, 0.05) is 12.5 Å². The van der Waals surface area contributed by atoms with Gasteiger partial charge in [-0.15, -0.1) is 0 Å². The molecule has 7 heteroatoms. The van der Waals surface area contributed by atoms with Gasteiger partial charge in [-0.1, -0.05) is 12.2 Å². The molecule has 1 unspecified atom stereocenters. The minimum Gasteiger partial charge on any atom is -0.396 e. The lowest BCUT2D eigenvalue weighted by Crippen LogP contribution is -2.50. The average Bonchev–Trinajstić information content (AvgIpc) is 2.93.